The summed E-state index contributed by atoms with van der Waals surface area (Å²) in [6.45, 7) is 11.5. The van der Waals surface area contributed by atoms with Gasteiger partial charge in [-0.3, -0.25) is 4.79 Å². The minimum Gasteiger partial charge on any atom is -0.457 e. The van der Waals surface area contributed by atoms with E-state index in [1.807, 2.05) is 38.1 Å². The number of benzene rings is 1. The van der Waals surface area contributed by atoms with E-state index in [2.05, 4.69) is 19.2 Å². The van der Waals surface area contributed by atoms with Gasteiger partial charge in [-0.1, -0.05) is 51.6 Å². The minimum absolute atomic E-state index is 0.352. The maximum atomic E-state index is 12.3. The largest absolute Gasteiger partial charge is 0.509 e. The lowest BCUT2D eigenvalue weighted by Gasteiger charge is -2.58. The average Bonchev–Trinajstić information content (AvgIpc) is 2.94. The minimum atomic E-state index is -0.846. The molecule has 1 aromatic rings. The van der Waals surface area contributed by atoms with E-state index in [1.165, 1.54) is 6.92 Å². The number of hydrogen-bond donors (Lipinski definition) is 0. The van der Waals surface area contributed by atoms with E-state index in [4.69, 9.17) is 14.2 Å². The predicted octanol–water partition coefficient (Wildman–Crippen LogP) is 4.79. The van der Waals surface area contributed by atoms with Crippen LogP contribution in [0.5, 0.6) is 0 Å². The molecule has 0 amide bonds. The molecule has 1 saturated carbocycles. The van der Waals surface area contributed by atoms with E-state index in [-0.39, 0.29) is 5.97 Å². The molecule has 1 aliphatic heterocycles. The van der Waals surface area contributed by atoms with E-state index < -0.39 is 34.8 Å². The van der Waals surface area contributed by atoms with Gasteiger partial charge < -0.3 is 14.2 Å². The van der Waals surface area contributed by atoms with Gasteiger partial charge in [0.05, 0.1) is 0 Å². The molecule has 0 N–H and O–H groups in total. The third kappa shape index (κ3) is 2.12. The van der Waals surface area contributed by atoms with Gasteiger partial charge in [0, 0.05) is 28.9 Å². The van der Waals surface area contributed by atoms with Crippen LogP contribution in [0.1, 0.15) is 63.9 Å². The molecule has 2 bridgehead atoms. The summed E-state index contributed by atoms with van der Waals surface area (Å²) < 4.78 is 17.5. The van der Waals surface area contributed by atoms with Crippen molar-refractivity contribution in [3.05, 3.63) is 53.3 Å². The van der Waals surface area contributed by atoms with Crippen LogP contribution in [0.3, 0.4) is 0 Å². The van der Waals surface area contributed by atoms with Crippen LogP contribution in [0.15, 0.2) is 42.1 Å². The maximum absolute atomic E-state index is 12.3. The number of hydrogen-bond acceptors (Lipinski definition) is 5. The summed E-state index contributed by atoms with van der Waals surface area (Å²) in [5, 5.41) is 0. The molecule has 1 aromatic carbocycles. The normalized spacial score (nSPS) is 35.7. The highest BCUT2D eigenvalue weighted by molar-refractivity contribution is 5.68. The monoisotopic (exact) mass is 368 g/mol. The van der Waals surface area contributed by atoms with E-state index in [1.54, 1.807) is 0 Å². The van der Waals surface area contributed by atoms with Crippen LogP contribution < -0.4 is 0 Å². The van der Waals surface area contributed by atoms with Gasteiger partial charge in [-0.2, -0.15) is 0 Å². The highest BCUT2D eigenvalue weighted by Crippen LogP contribution is 2.68. The van der Waals surface area contributed by atoms with Crippen molar-refractivity contribution in [2.75, 3.05) is 0 Å². The molecule has 1 spiro atoms. The zero-order chi connectivity index (χ0) is 19.6. The number of ether oxygens (including phenoxy) is 3. The zero-order valence-electron chi connectivity index (χ0n) is 16.1. The van der Waals surface area contributed by atoms with E-state index in [9.17, 15) is 9.59 Å². The lowest BCUT2D eigenvalue weighted by molar-refractivity contribution is -0.163. The first kappa shape index (κ1) is 17.9. The van der Waals surface area contributed by atoms with Crippen molar-refractivity contribution in [2.45, 2.75) is 58.3 Å². The Morgan fingerprint density at radius 1 is 1.22 bits per heavy atom. The van der Waals surface area contributed by atoms with Gasteiger partial charge in [0.1, 0.15) is 6.10 Å². The quantitative estimate of drug-likeness (QED) is 0.527. The second kappa shape index (κ2) is 5.49. The van der Waals surface area contributed by atoms with E-state index in [0.717, 1.165) is 16.7 Å². The van der Waals surface area contributed by atoms with Crippen LogP contribution in [-0.4, -0.2) is 17.7 Å². The second-order valence-electron chi connectivity index (χ2n) is 8.45. The van der Waals surface area contributed by atoms with Gasteiger partial charge >= 0.3 is 12.1 Å². The Morgan fingerprint density at radius 3 is 2.52 bits per heavy atom. The molecule has 2 fully saturated rings. The fourth-order valence-corrected chi connectivity index (χ4v) is 5.55. The highest BCUT2D eigenvalue weighted by Gasteiger charge is 2.70. The van der Waals surface area contributed by atoms with Crippen molar-refractivity contribution in [2.24, 2.45) is 10.8 Å². The van der Waals surface area contributed by atoms with Crippen molar-refractivity contribution in [3.63, 3.8) is 0 Å². The van der Waals surface area contributed by atoms with Crippen LogP contribution in [0.2, 0.25) is 0 Å². The molecule has 5 rings (SSSR count). The summed E-state index contributed by atoms with van der Waals surface area (Å²) in [5.41, 5.74) is 3.73. The zero-order valence-corrected chi connectivity index (χ0v) is 16.1. The smallest absolute Gasteiger partial charge is 0.457 e. The molecule has 4 atom stereocenters. The lowest BCUT2D eigenvalue weighted by atomic mass is 9.48. The molecule has 27 heavy (non-hydrogen) atoms. The third-order valence-corrected chi connectivity index (χ3v) is 6.77. The SMILES string of the molecule is C=C=C1C(C)(C)[C@@]23CC[C@]1(C)[C@@H](OC(C)=O)c1ccccc1[C@@H]2OC(=O)O3. The number of carbonyl (C=O) groups excluding carboxylic acids is 2. The molecular weight excluding hydrogens is 344 g/mol. The first-order chi connectivity index (χ1) is 12.7. The van der Waals surface area contributed by atoms with Crippen molar-refractivity contribution in [1.82, 2.24) is 0 Å². The summed E-state index contributed by atoms with van der Waals surface area (Å²) in [7, 11) is 0. The van der Waals surface area contributed by atoms with Gasteiger partial charge in [0.2, 0.25) is 0 Å². The Kier molecular flexibility index (Phi) is 3.64. The molecule has 142 valence electrons. The molecule has 3 aliphatic carbocycles. The molecule has 1 saturated heterocycles. The number of fused-ring (bicyclic) bond motifs is 2. The topological polar surface area (TPSA) is 61.8 Å². The van der Waals surface area contributed by atoms with Gasteiger partial charge in [-0.15, -0.1) is 5.73 Å². The Bertz CT molecular complexity index is 894. The standard InChI is InChI=1S/C22H24O5/c1-6-16-20(3,4)22-12-11-21(16,5)17(25-13(2)23)14-9-7-8-10-15(14)18(22)26-19(24)27-22/h7-10,17-18H,1,11-12H2,2-5H3/t17-,18-,21-,22+/m0/s1. The van der Waals surface area contributed by atoms with Gasteiger partial charge in [-0.05, 0) is 18.4 Å². The fraction of sp³-hybridized carbons (Fsp3) is 0.500. The Morgan fingerprint density at radius 2 is 1.89 bits per heavy atom. The van der Waals surface area contributed by atoms with Gasteiger partial charge in [-0.25, -0.2) is 4.79 Å². The van der Waals surface area contributed by atoms with Gasteiger partial charge in [0.25, 0.3) is 0 Å². The summed E-state index contributed by atoms with van der Waals surface area (Å²) in [4.78, 5) is 24.3. The van der Waals surface area contributed by atoms with Crippen molar-refractivity contribution in [3.8, 4) is 0 Å². The van der Waals surface area contributed by atoms with Crippen molar-refractivity contribution >= 4 is 12.1 Å². The van der Waals surface area contributed by atoms with Crippen LogP contribution in [-0.2, 0) is 19.0 Å². The molecular formula is C22H24O5. The summed E-state index contributed by atoms with van der Waals surface area (Å²) in [6, 6.07) is 7.67. The predicted molar refractivity (Wildman–Crippen MR) is 97.8 cm³/mol. The summed E-state index contributed by atoms with van der Waals surface area (Å²) in [6.07, 6.45) is -0.506. The van der Waals surface area contributed by atoms with Crippen LogP contribution in [0, 0.1) is 10.8 Å². The molecule has 0 aromatic heterocycles. The average molecular weight is 368 g/mol. The Balaban J connectivity index is 2.09. The molecule has 0 unspecified atom stereocenters. The molecule has 0 radical (unpaired) electrons. The number of carbonyl (C=O) groups is 2. The van der Waals surface area contributed by atoms with Crippen LogP contribution in [0.25, 0.3) is 0 Å². The molecule has 5 heteroatoms. The molecule has 4 aliphatic rings. The van der Waals surface area contributed by atoms with E-state index in [0.29, 0.717) is 12.8 Å². The highest BCUT2D eigenvalue weighted by atomic mass is 16.8. The Labute approximate surface area is 159 Å². The first-order valence-corrected chi connectivity index (χ1v) is 9.24. The lowest BCUT2D eigenvalue weighted by Crippen LogP contribution is -2.59. The third-order valence-electron chi connectivity index (χ3n) is 6.77. The second-order valence-corrected chi connectivity index (χ2v) is 8.45. The Hall–Kier alpha value is -2.52. The number of rotatable bonds is 1. The van der Waals surface area contributed by atoms with Crippen molar-refractivity contribution < 1.29 is 23.8 Å². The summed E-state index contributed by atoms with van der Waals surface area (Å²) in [5.74, 6) is -0.352. The van der Waals surface area contributed by atoms with Crippen LogP contribution in [0.4, 0.5) is 4.79 Å². The fourth-order valence-electron chi connectivity index (χ4n) is 5.55. The maximum Gasteiger partial charge on any atom is 0.509 e. The first-order valence-electron chi connectivity index (χ1n) is 9.24. The van der Waals surface area contributed by atoms with E-state index >= 15 is 0 Å². The molecule has 1 heterocycles. The van der Waals surface area contributed by atoms with Crippen LogP contribution >= 0.6 is 0 Å². The number of esters is 1. The molecule has 5 nitrogen and oxygen atoms in total. The van der Waals surface area contributed by atoms with Crippen molar-refractivity contribution in [1.29, 1.82) is 0 Å². The van der Waals surface area contributed by atoms with Gasteiger partial charge in [0.15, 0.2) is 11.7 Å². The summed E-state index contributed by atoms with van der Waals surface area (Å²) >= 11 is 0.